The first-order valence-electron chi connectivity index (χ1n) is 9.55. The fourth-order valence-electron chi connectivity index (χ4n) is 3.28. The van der Waals surface area contributed by atoms with Crippen LogP contribution in [0.25, 0.3) is 16.9 Å². The molecular weight excluding hydrogens is 346 g/mol. The number of aromatic nitrogens is 4. The number of nitrogens with zero attached hydrogens (tertiary/aromatic N) is 4. The average molecular weight is 371 g/mol. The Morgan fingerprint density at radius 2 is 1.82 bits per heavy atom. The van der Waals surface area contributed by atoms with E-state index in [2.05, 4.69) is 60.4 Å². The zero-order valence-electron chi connectivity index (χ0n) is 16.6. The summed E-state index contributed by atoms with van der Waals surface area (Å²) in [5.74, 6) is 0.924. The third-order valence-electron chi connectivity index (χ3n) is 4.53. The van der Waals surface area contributed by atoms with Gasteiger partial charge in [0.15, 0.2) is 5.65 Å². The maximum Gasteiger partial charge on any atom is 0.161 e. The monoisotopic (exact) mass is 371 g/mol. The van der Waals surface area contributed by atoms with Gasteiger partial charge in [0, 0.05) is 36.1 Å². The summed E-state index contributed by atoms with van der Waals surface area (Å²) in [6, 6.07) is 16.3. The molecule has 5 nitrogen and oxygen atoms in total. The molecule has 0 atom stereocenters. The van der Waals surface area contributed by atoms with Crippen molar-refractivity contribution in [3.8, 4) is 11.3 Å². The number of benzene rings is 1. The van der Waals surface area contributed by atoms with Gasteiger partial charge in [0.25, 0.3) is 0 Å². The van der Waals surface area contributed by atoms with Gasteiger partial charge in [-0.2, -0.15) is 9.61 Å². The SMILES string of the molecule is CC(C)(C)Cc1cnn2c(NCc3cccnc3)cc(-c3ccccc3)nc12. The van der Waals surface area contributed by atoms with Crippen LogP contribution in [0.4, 0.5) is 5.82 Å². The molecule has 0 aliphatic heterocycles. The van der Waals surface area contributed by atoms with Gasteiger partial charge in [-0.15, -0.1) is 0 Å². The fraction of sp³-hybridized carbons (Fsp3) is 0.261. The van der Waals surface area contributed by atoms with Gasteiger partial charge in [-0.1, -0.05) is 57.2 Å². The van der Waals surface area contributed by atoms with Crippen LogP contribution in [0.5, 0.6) is 0 Å². The molecule has 0 bridgehead atoms. The predicted octanol–water partition coefficient (Wildman–Crippen LogP) is 4.99. The molecule has 142 valence electrons. The fourth-order valence-corrected chi connectivity index (χ4v) is 3.28. The summed E-state index contributed by atoms with van der Waals surface area (Å²) < 4.78 is 1.91. The number of pyridine rings is 1. The van der Waals surface area contributed by atoms with Crippen LogP contribution in [0.2, 0.25) is 0 Å². The van der Waals surface area contributed by atoms with Gasteiger partial charge < -0.3 is 5.32 Å². The van der Waals surface area contributed by atoms with Gasteiger partial charge >= 0.3 is 0 Å². The molecule has 0 spiro atoms. The van der Waals surface area contributed by atoms with Crippen LogP contribution in [0.3, 0.4) is 0 Å². The minimum atomic E-state index is 0.164. The normalized spacial score (nSPS) is 11.7. The molecule has 28 heavy (non-hydrogen) atoms. The second-order valence-electron chi connectivity index (χ2n) is 8.25. The van der Waals surface area contributed by atoms with E-state index in [-0.39, 0.29) is 5.41 Å². The van der Waals surface area contributed by atoms with Crippen LogP contribution in [0.15, 0.2) is 67.1 Å². The molecule has 0 unspecified atom stereocenters. The van der Waals surface area contributed by atoms with Crippen LogP contribution < -0.4 is 5.32 Å². The maximum absolute atomic E-state index is 4.95. The van der Waals surface area contributed by atoms with Gasteiger partial charge in [-0.3, -0.25) is 4.98 Å². The molecule has 3 aromatic heterocycles. The summed E-state index contributed by atoms with van der Waals surface area (Å²) >= 11 is 0. The van der Waals surface area contributed by atoms with Gasteiger partial charge in [0.1, 0.15) is 5.82 Å². The highest BCUT2D eigenvalue weighted by atomic mass is 15.3. The third kappa shape index (κ3) is 4.03. The van der Waals surface area contributed by atoms with Crippen LogP contribution in [-0.4, -0.2) is 19.6 Å². The molecule has 1 aromatic carbocycles. The molecule has 0 saturated carbocycles. The smallest absolute Gasteiger partial charge is 0.161 e. The van der Waals surface area contributed by atoms with Crippen LogP contribution in [0, 0.1) is 5.41 Å². The van der Waals surface area contributed by atoms with Crippen molar-refractivity contribution in [2.45, 2.75) is 33.7 Å². The summed E-state index contributed by atoms with van der Waals surface area (Å²) in [7, 11) is 0. The summed E-state index contributed by atoms with van der Waals surface area (Å²) in [6.07, 6.45) is 6.52. The van der Waals surface area contributed by atoms with Crippen LogP contribution in [-0.2, 0) is 13.0 Å². The lowest BCUT2D eigenvalue weighted by Gasteiger charge is -2.17. The molecule has 0 amide bonds. The lowest BCUT2D eigenvalue weighted by molar-refractivity contribution is 0.412. The number of hydrogen-bond acceptors (Lipinski definition) is 4. The Kier molecular flexibility index (Phi) is 4.82. The lowest BCUT2D eigenvalue weighted by Crippen LogP contribution is -2.10. The van der Waals surface area contributed by atoms with Crippen LogP contribution in [0.1, 0.15) is 31.9 Å². The quantitative estimate of drug-likeness (QED) is 0.537. The molecule has 0 fully saturated rings. The Balaban J connectivity index is 1.78. The first-order valence-corrected chi connectivity index (χ1v) is 9.55. The minimum Gasteiger partial charge on any atom is -0.366 e. The van der Waals surface area contributed by atoms with Crippen molar-refractivity contribution in [2.75, 3.05) is 5.32 Å². The summed E-state index contributed by atoms with van der Waals surface area (Å²) in [4.78, 5) is 9.15. The van der Waals surface area contributed by atoms with Crippen molar-refractivity contribution in [2.24, 2.45) is 5.41 Å². The van der Waals surface area contributed by atoms with Gasteiger partial charge in [0.2, 0.25) is 0 Å². The van der Waals surface area contributed by atoms with E-state index in [1.165, 1.54) is 0 Å². The molecule has 0 aliphatic rings. The highest BCUT2D eigenvalue weighted by molar-refractivity contribution is 5.67. The van der Waals surface area contributed by atoms with Gasteiger partial charge in [0.05, 0.1) is 11.9 Å². The molecule has 4 aromatic rings. The standard InChI is InChI=1S/C23H25N5/c1-23(2,3)13-19-16-26-28-21(25-15-17-8-7-11-24-14-17)12-20(27-22(19)28)18-9-5-4-6-10-18/h4-12,14,16,25H,13,15H2,1-3H3. The maximum atomic E-state index is 4.95. The number of hydrogen-bond donors (Lipinski definition) is 1. The van der Waals surface area contributed by atoms with Crippen molar-refractivity contribution in [3.05, 3.63) is 78.2 Å². The minimum absolute atomic E-state index is 0.164. The lowest BCUT2D eigenvalue weighted by atomic mass is 9.89. The summed E-state index contributed by atoms with van der Waals surface area (Å²) in [5, 5.41) is 8.14. The molecule has 1 N–H and O–H groups in total. The van der Waals surface area contributed by atoms with Crippen molar-refractivity contribution < 1.29 is 0 Å². The Morgan fingerprint density at radius 1 is 1.00 bits per heavy atom. The van der Waals surface area contributed by atoms with Crippen molar-refractivity contribution in [1.29, 1.82) is 0 Å². The second-order valence-corrected chi connectivity index (χ2v) is 8.25. The number of rotatable bonds is 5. The number of anilines is 1. The topological polar surface area (TPSA) is 55.1 Å². The van der Waals surface area contributed by atoms with E-state index in [1.807, 2.05) is 41.2 Å². The molecule has 5 heteroatoms. The van der Waals surface area contributed by atoms with E-state index in [4.69, 9.17) is 4.98 Å². The Morgan fingerprint density at radius 3 is 2.54 bits per heavy atom. The van der Waals surface area contributed by atoms with E-state index >= 15 is 0 Å². The van der Waals surface area contributed by atoms with E-state index in [0.717, 1.165) is 40.3 Å². The molecular formula is C23H25N5. The first kappa shape index (κ1) is 18.2. The molecule has 0 saturated heterocycles. The molecule has 4 rings (SSSR count). The highest BCUT2D eigenvalue weighted by Crippen LogP contribution is 2.27. The number of nitrogens with one attached hydrogen (secondary N) is 1. The second kappa shape index (κ2) is 7.43. The van der Waals surface area contributed by atoms with Crippen molar-refractivity contribution in [3.63, 3.8) is 0 Å². The van der Waals surface area contributed by atoms with E-state index in [9.17, 15) is 0 Å². The highest BCUT2D eigenvalue weighted by Gasteiger charge is 2.18. The van der Waals surface area contributed by atoms with Crippen molar-refractivity contribution in [1.82, 2.24) is 19.6 Å². The Bertz CT molecular complexity index is 1060. The largest absolute Gasteiger partial charge is 0.366 e. The molecule has 0 radical (unpaired) electrons. The van der Waals surface area contributed by atoms with E-state index < -0.39 is 0 Å². The molecule has 3 heterocycles. The summed E-state index contributed by atoms with van der Waals surface area (Å²) in [6.45, 7) is 7.38. The zero-order chi connectivity index (χ0) is 19.6. The van der Waals surface area contributed by atoms with E-state index in [0.29, 0.717) is 6.54 Å². The summed E-state index contributed by atoms with van der Waals surface area (Å²) in [5.41, 5.74) is 5.39. The number of fused-ring (bicyclic) bond motifs is 1. The van der Waals surface area contributed by atoms with E-state index in [1.54, 1.807) is 6.20 Å². The van der Waals surface area contributed by atoms with Crippen molar-refractivity contribution >= 4 is 11.5 Å². The Labute approximate surface area is 165 Å². The van der Waals surface area contributed by atoms with Gasteiger partial charge in [-0.25, -0.2) is 4.98 Å². The first-order chi connectivity index (χ1) is 13.5. The van der Waals surface area contributed by atoms with Crippen LogP contribution >= 0.6 is 0 Å². The Hall–Kier alpha value is -3.21. The third-order valence-corrected chi connectivity index (χ3v) is 4.53. The average Bonchev–Trinajstić information content (AvgIpc) is 3.09. The van der Waals surface area contributed by atoms with Gasteiger partial charge in [-0.05, 0) is 23.5 Å². The molecule has 0 aliphatic carbocycles. The zero-order valence-corrected chi connectivity index (χ0v) is 16.6. The predicted molar refractivity (Wildman–Crippen MR) is 113 cm³/mol.